The van der Waals surface area contributed by atoms with E-state index in [4.69, 9.17) is 0 Å². The average molecular weight is 332 g/mol. The molecular weight excluding hydrogens is 300 g/mol. The Labute approximate surface area is 146 Å². The standard InChI is InChI=1S/C20H32N2O2/c1-20(2,3)15-22(16-23)12-7-9-17(11-13-21(4)5)18-8-6-10-19(24)14-18/h6-8,10-14,17,23-24H,9,15-16H2,1-5H3/b12-7+,13-11+. The van der Waals surface area contributed by atoms with Crippen LogP contribution in [0.2, 0.25) is 0 Å². The Morgan fingerprint density at radius 3 is 2.42 bits per heavy atom. The molecule has 24 heavy (non-hydrogen) atoms. The van der Waals surface area contributed by atoms with E-state index in [1.54, 1.807) is 12.1 Å². The van der Waals surface area contributed by atoms with Crippen molar-refractivity contribution in [2.45, 2.75) is 33.1 Å². The molecule has 0 aliphatic rings. The van der Waals surface area contributed by atoms with Crippen LogP contribution in [0.1, 0.15) is 38.7 Å². The van der Waals surface area contributed by atoms with Crippen LogP contribution in [0.5, 0.6) is 5.75 Å². The number of aromatic hydroxyl groups is 1. The van der Waals surface area contributed by atoms with Gasteiger partial charge in [-0.15, -0.1) is 0 Å². The van der Waals surface area contributed by atoms with Gasteiger partial charge in [-0.3, -0.25) is 0 Å². The van der Waals surface area contributed by atoms with Gasteiger partial charge in [-0.1, -0.05) is 45.1 Å². The second kappa shape index (κ2) is 9.38. The molecule has 0 amide bonds. The summed E-state index contributed by atoms with van der Waals surface area (Å²) in [5.41, 5.74) is 1.20. The van der Waals surface area contributed by atoms with Crippen LogP contribution in [0.4, 0.5) is 0 Å². The average Bonchev–Trinajstić information content (AvgIpc) is 2.48. The van der Waals surface area contributed by atoms with Gasteiger partial charge in [-0.25, -0.2) is 0 Å². The van der Waals surface area contributed by atoms with Crippen molar-refractivity contribution >= 4 is 0 Å². The Hall–Kier alpha value is -1.94. The number of allylic oxidation sites excluding steroid dienone is 2. The van der Waals surface area contributed by atoms with Crippen LogP contribution in [0, 0.1) is 5.41 Å². The van der Waals surface area contributed by atoms with E-state index in [1.807, 2.05) is 48.4 Å². The summed E-state index contributed by atoms with van der Waals surface area (Å²) in [5, 5.41) is 19.2. The molecule has 134 valence electrons. The molecule has 4 nitrogen and oxygen atoms in total. The monoisotopic (exact) mass is 332 g/mol. The first kappa shape index (κ1) is 20.1. The molecule has 0 radical (unpaired) electrons. The van der Waals surface area contributed by atoms with Crippen molar-refractivity contribution in [1.82, 2.24) is 9.80 Å². The zero-order valence-electron chi connectivity index (χ0n) is 15.6. The summed E-state index contributed by atoms with van der Waals surface area (Å²) < 4.78 is 0. The Bertz CT molecular complexity index is 545. The largest absolute Gasteiger partial charge is 0.508 e. The molecule has 0 aliphatic carbocycles. The number of benzene rings is 1. The van der Waals surface area contributed by atoms with E-state index in [-0.39, 0.29) is 23.8 Å². The van der Waals surface area contributed by atoms with Gasteiger partial charge in [0.25, 0.3) is 0 Å². The zero-order valence-corrected chi connectivity index (χ0v) is 15.6. The van der Waals surface area contributed by atoms with Crippen molar-refractivity contribution in [2.24, 2.45) is 5.41 Å². The lowest BCUT2D eigenvalue weighted by Crippen LogP contribution is -2.29. The third-order valence-corrected chi connectivity index (χ3v) is 3.48. The number of rotatable bonds is 8. The summed E-state index contributed by atoms with van der Waals surface area (Å²) in [6.07, 6.45) is 9.00. The molecule has 0 heterocycles. The van der Waals surface area contributed by atoms with Gasteiger partial charge in [0.2, 0.25) is 0 Å². The molecule has 1 unspecified atom stereocenters. The topological polar surface area (TPSA) is 46.9 Å². The normalized spacial score (nSPS) is 13.6. The summed E-state index contributed by atoms with van der Waals surface area (Å²) in [5.74, 6) is 0.454. The Morgan fingerprint density at radius 1 is 1.17 bits per heavy atom. The highest BCUT2D eigenvalue weighted by atomic mass is 16.3. The van der Waals surface area contributed by atoms with Crippen LogP contribution in [-0.2, 0) is 0 Å². The first-order chi connectivity index (χ1) is 11.2. The number of nitrogens with zero attached hydrogens (tertiary/aromatic N) is 2. The molecule has 0 saturated carbocycles. The highest BCUT2D eigenvalue weighted by Crippen LogP contribution is 2.25. The minimum absolute atomic E-state index is 0.0120. The number of aliphatic hydroxyl groups is 1. The van der Waals surface area contributed by atoms with Crippen LogP contribution >= 0.6 is 0 Å². The summed E-state index contributed by atoms with van der Waals surface area (Å²) in [4.78, 5) is 3.91. The number of phenolic OH excluding ortho intramolecular Hbond substituents is 1. The zero-order chi connectivity index (χ0) is 18.2. The van der Waals surface area contributed by atoms with Crippen LogP contribution in [0.25, 0.3) is 0 Å². The molecule has 4 heteroatoms. The predicted molar refractivity (Wildman–Crippen MR) is 101 cm³/mol. The third kappa shape index (κ3) is 8.06. The Kier molecular flexibility index (Phi) is 7.86. The summed E-state index contributed by atoms with van der Waals surface area (Å²) in [6, 6.07) is 7.38. The van der Waals surface area contributed by atoms with Gasteiger partial charge in [0.1, 0.15) is 12.5 Å². The van der Waals surface area contributed by atoms with Crippen molar-refractivity contribution in [3.63, 3.8) is 0 Å². The van der Waals surface area contributed by atoms with Crippen molar-refractivity contribution in [2.75, 3.05) is 27.4 Å². The molecule has 1 atom stereocenters. The van der Waals surface area contributed by atoms with Gasteiger partial charge >= 0.3 is 0 Å². The summed E-state index contributed by atoms with van der Waals surface area (Å²) in [7, 11) is 3.98. The van der Waals surface area contributed by atoms with E-state index >= 15 is 0 Å². The van der Waals surface area contributed by atoms with Crippen LogP contribution in [0.3, 0.4) is 0 Å². The Balaban J connectivity index is 2.83. The number of hydrogen-bond acceptors (Lipinski definition) is 4. The molecule has 0 bridgehead atoms. The Morgan fingerprint density at radius 2 is 1.88 bits per heavy atom. The second-order valence-corrected chi connectivity index (χ2v) is 7.58. The molecule has 1 aromatic carbocycles. The lowest BCUT2D eigenvalue weighted by atomic mass is 9.95. The fraction of sp³-hybridized carbons (Fsp3) is 0.500. The van der Waals surface area contributed by atoms with E-state index in [0.717, 1.165) is 18.5 Å². The second-order valence-electron chi connectivity index (χ2n) is 7.58. The van der Waals surface area contributed by atoms with Gasteiger partial charge in [-0.2, -0.15) is 0 Å². The van der Waals surface area contributed by atoms with E-state index < -0.39 is 0 Å². The molecule has 0 aliphatic heterocycles. The van der Waals surface area contributed by atoms with E-state index in [9.17, 15) is 10.2 Å². The van der Waals surface area contributed by atoms with Crippen molar-refractivity contribution in [3.8, 4) is 5.75 Å². The maximum atomic E-state index is 9.72. The smallest absolute Gasteiger partial charge is 0.115 e. The van der Waals surface area contributed by atoms with Crippen LogP contribution < -0.4 is 0 Å². The van der Waals surface area contributed by atoms with Crippen LogP contribution in [-0.4, -0.2) is 47.4 Å². The fourth-order valence-electron chi connectivity index (χ4n) is 2.47. The van der Waals surface area contributed by atoms with E-state index in [2.05, 4.69) is 32.9 Å². The van der Waals surface area contributed by atoms with Gasteiger partial charge in [0, 0.05) is 26.6 Å². The predicted octanol–water partition coefficient (Wildman–Crippen LogP) is 3.75. The summed E-state index contributed by atoms with van der Waals surface area (Å²) >= 11 is 0. The molecule has 2 N–H and O–H groups in total. The van der Waals surface area contributed by atoms with Gasteiger partial charge < -0.3 is 20.0 Å². The van der Waals surface area contributed by atoms with Gasteiger partial charge in [-0.05, 0) is 41.9 Å². The van der Waals surface area contributed by atoms with Crippen molar-refractivity contribution in [1.29, 1.82) is 0 Å². The quantitative estimate of drug-likeness (QED) is 0.712. The molecule has 0 aromatic heterocycles. The molecule has 1 aromatic rings. The number of aliphatic hydroxyl groups excluding tert-OH is 1. The SMILES string of the molecule is CN(C)/C=C/C(C/C=C/N(CO)CC(C)(C)C)c1cccc(O)c1. The number of phenols is 1. The van der Waals surface area contributed by atoms with E-state index in [0.29, 0.717) is 0 Å². The lowest BCUT2D eigenvalue weighted by Gasteiger charge is -2.27. The summed E-state index contributed by atoms with van der Waals surface area (Å²) in [6.45, 7) is 7.26. The lowest BCUT2D eigenvalue weighted by molar-refractivity contribution is 0.118. The number of hydrogen-bond donors (Lipinski definition) is 2. The first-order valence-corrected chi connectivity index (χ1v) is 8.36. The molecule has 1 rings (SSSR count). The van der Waals surface area contributed by atoms with Crippen molar-refractivity contribution < 1.29 is 10.2 Å². The molecule has 0 saturated heterocycles. The third-order valence-electron chi connectivity index (χ3n) is 3.48. The molecular formula is C20H32N2O2. The van der Waals surface area contributed by atoms with Crippen LogP contribution in [0.15, 0.2) is 48.8 Å². The minimum atomic E-state index is 0.0120. The highest BCUT2D eigenvalue weighted by Gasteiger charge is 2.13. The van der Waals surface area contributed by atoms with E-state index in [1.165, 1.54) is 0 Å². The molecule has 0 fully saturated rings. The fourth-order valence-corrected chi connectivity index (χ4v) is 2.47. The maximum absolute atomic E-state index is 9.72. The maximum Gasteiger partial charge on any atom is 0.115 e. The van der Waals surface area contributed by atoms with Crippen molar-refractivity contribution in [3.05, 3.63) is 54.4 Å². The molecule has 0 spiro atoms. The van der Waals surface area contributed by atoms with Gasteiger partial charge in [0.05, 0.1) is 0 Å². The first-order valence-electron chi connectivity index (χ1n) is 8.36. The minimum Gasteiger partial charge on any atom is -0.508 e. The highest BCUT2D eigenvalue weighted by molar-refractivity contribution is 5.32. The van der Waals surface area contributed by atoms with Gasteiger partial charge in [0.15, 0.2) is 0 Å².